The van der Waals surface area contributed by atoms with Gasteiger partial charge >= 0.3 is 7.60 Å². The Balaban J connectivity index is 3.36. The molecule has 0 aromatic heterocycles. The van der Waals surface area contributed by atoms with Gasteiger partial charge in [-0.2, -0.15) is 0 Å². The van der Waals surface area contributed by atoms with Crippen molar-refractivity contribution in [1.82, 2.24) is 0 Å². The van der Waals surface area contributed by atoms with Gasteiger partial charge in [0.25, 0.3) is 0 Å². The minimum atomic E-state index is -3.32. The fourth-order valence-electron chi connectivity index (χ4n) is 4.59. The van der Waals surface area contributed by atoms with Gasteiger partial charge in [-0.15, -0.1) is 0 Å². The second kappa shape index (κ2) is 14.0. The van der Waals surface area contributed by atoms with E-state index in [9.17, 15) is 9.67 Å². The van der Waals surface area contributed by atoms with Gasteiger partial charge in [-0.3, -0.25) is 4.57 Å². The molecule has 1 aromatic carbocycles. The van der Waals surface area contributed by atoms with E-state index < -0.39 is 7.60 Å². The summed E-state index contributed by atoms with van der Waals surface area (Å²) in [6.45, 7) is 19.4. The molecule has 2 atom stereocenters. The van der Waals surface area contributed by atoms with Crippen LogP contribution in [0.4, 0.5) is 0 Å². The third-order valence-electron chi connectivity index (χ3n) is 6.69. The van der Waals surface area contributed by atoms with E-state index >= 15 is 0 Å². The van der Waals surface area contributed by atoms with Crippen LogP contribution >= 0.6 is 7.60 Å². The van der Waals surface area contributed by atoms with Crippen LogP contribution in [0.2, 0.25) is 0 Å². The van der Waals surface area contributed by atoms with Crippen molar-refractivity contribution in [2.75, 3.05) is 6.61 Å². The van der Waals surface area contributed by atoms with Crippen molar-refractivity contribution in [2.45, 2.75) is 143 Å². The number of aromatic hydroxyl groups is 1. The summed E-state index contributed by atoms with van der Waals surface area (Å²) in [5.41, 5.74) is 2.32. The molecule has 0 aliphatic carbocycles. The van der Waals surface area contributed by atoms with Gasteiger partial charge in [0, 0.05) is 5.56 Å². The van der Waals surface area contributed by atoms with Crippen molar-refractivity contribution >= 4 is 7.60 Å². The third kappa shape index (κ3) is 9.67. The van der Waals surface area contributed by atoms with E-state index in [1.165, 1.54) is 25.7 Å². The second-order valence-electron chi connectivity index (χ2n) is 11.4. The SMILES string of the molecule is CCCCCCCC(C)(C)c1cc(CP(=O)(OCC)OC(CC)CCC)cc(C(C)(C)C)c1O. The number of phenols is 1. The van der Waals surface area contributed by atoms with Crippen molar-refractivity contribution in [3.63, 3.8) is 0 Å². The van der Waals surface area contributed by atoms with Crippen LogP contribution in [0.3, 0.4) is 0 Å². The molecule has 0 saturated heterocycles. The van der Waals surface area contributed by atoms with Crippen LogP contribution in [-0.2, 0) is 30.6 Å². The lowest BCUT2D eigenvalue weighted by atomic mass is 9.75. The van der Waals surface area contributed by atoms with Gasteiger partial charge < -0.3 is 14.2 Å². The van der Waals surface area contributed by atoms with E-state index in [0.717, 1.165) is 48.8 Å². The molecule has 4 nitrogen and oxygen atoms in total. The number of unbranched alkanes of at least 4 members (excludes halogenated alkanes) is 4. The molecule has 5 heteroatoms. The lowest BCUT2D eigenvalue weighted by Gasteiger charge is -2.31. The van der Waals surface area contributed by atoms with Crippen LogP contribution < -0.4 is 0 Å². The molecule has 0 aliphatic rings. The first kappa shape index (κ1) is 31.2. The van der Waals surface area contributed by atoms with Crippen molar-refractivity contribution in [1.29, 1.82) is 0 Å². The number of rotatable bonds is 16. The molecule has 1 aromatic rings. The zero-order chi connectivity index (χ0) is 26.0. The minimum absolute atomic E-state index is 0.0689. The van der Waals surface area contributed by atoms with Gasteiger partial charge in [-0.05, 0) is 48.1 Å². The summed E-state index contributed by atoms with van der Waals surface area (Å²) in [6.07, 6.45) is 9.95. The number of hydrogen-bond acceptors (Lipinski definition) is 4. The molecule has 0 heterocycles. The second-order valence-corrected chi connectivity index (χ2v) is 13.5. The monoisotopic (exact) mass is 496 g/mol. The van der Waals surface area contributed by atoms with Crippen molar-refractivity contribution in [3.05, 3.63) is 28.8 Å². The van der Waals surface area contributed by atoms with Gasteiger partial charge in [0.05, 0.1) is 18.9 Å². The summed E-state index contributed by atoms with van der Waals surface area (Å²) in [5.74, 6) is 0.374. The van der Waals surface area contributed by atoms with E-state index in [-0.39, 0.29) is 23.1 Å². The Labute approximate surface area is 210 Å². The highest BCUT2D eigenvalue weighted by atomic mass is 31.2. The van der Waals surface area contributed by atoms with Crippen LogP contribution in [0, 0.1) is 0 Å². The van der Waals surface area contributed by atoms with Gasteiger partial charge in [-0.25, -0.2) is 0 Å². The van der Waals surface area contributed by atoms with Gasteiger partial charge in [-0.1, -0.05) is 106 Å². The third-order valence-corrected chi connectivity index (χ3v) is 8.71. The van der Waals surface area contributed by atoms with Gasteiger partial charge in [0.1, 0.15) is 5.75 Å². The zero-order valence-electron chi connectivity index (χ0n) is 23.6. The minimum Gasteiger partial charge on any atom is -0.507 e. The van der Waals surface area contributed by atoms with E-state index in [2.05, 4.69) is 55.4 Å². The lowest BCUT2D eigenvalue weighted by Crippen LogP contribution is -2.21. The maximum atomic E-state index is 13.8. The topological polar surface area (TPSA) is 55.8 Å². The molecule has 0 saturated carbocycles. The average molecular weight is 497 g/mol. The first-order valence-electron chi connectivity index (χ1n) is 13.6. The highest BCUT2D eigenvalue weighted by molar-refractivity contribution is 7.53. The van der Waals surface area contributed by atoms with Crippen LogP contribution in [0.15, 0.2) is 12.1 Å². The first-order valence-corrected chi connectivity index (χ1v) is 15.3. The Morgan fingerprint density at radius 3 is 2.06 bits per heavy atom. The normalized spacial score (nSPS) is 15.3. The molecule has 1 rings (SSSR count). The fraction of sp³-hybridized carbons (Fsp3) is 0.793. The maximum Gasteiger partial charge on any atom is 0.335 e. The number of phenolic OH excluding ortho intramolecular Hbond substituents is 1. The molecule has 0 bridgehead atoms. The average Bonchev–Trinajstić information content (AvgIpc) is 2.73. The smallest absolute Gasteiger partial charge is 0.335 e. The number of benzene rings is 1. The standard InChI is InChI=1S/C29H53O4P/c1-10-14-15-16-17-19-29(8,9)26-21-23(20-25(27(26)30)28(5,6)7)22-34(31,32-13-4)33-24(12-3)18-11-2/h20-21,24,30H,10-19,22H2,1-9H3. The quantitative estimate of drug-likeness (QED) is 0.183. The summed E-state index contributed by atoms with van der Waals surface area (Å²) in [4.78, 5) is 0. The van der Waals surface area contributed by atoms with E-state index in [4.69, 9.17) is 9.05 Å². The molecule has 34 heavy (non-hydrogen) atoms. The Morgan fingerprint density at radius 1 is 0.912 bits per heavy atom. The predicted octanol–water partition coefficient (Wildman–Crippen LogP) is 9.65. The van der Waals surface area contributed by atoms with Gasteiger partial charge in [0.15, 0.2) is 0 Å². The summed E-state index contributed by atoms with van der Waals surface area (Å²) >= 11 is 0. The molecular formula is C29H53O4P. The summed E-state index contributed by atoms with van der Waals surface area (Å²) < 4.78 is 25.7. The highest BCUT2D eigenvalue weighted by Gasteiger charge is 2.33. The largest absolute Gasteiger partial charge is 0.507 e. The van der Waals surface area contributed by atoms with Crippen LogP contribution in [0.25, 0.3) is 0 Å². The Hall–Kier alpha value is -0.830. The Morgan fingerprint density at radius 2 is 1.53 bits per heavy atom. The van der Waals surface area contributed by atoms with Crippen LogP contribution in [-0.4, -0.2) is 17.8 Å². The lowest BCUT2D eigenvalue weighted by molar-refractivity contribution is 0.138. The van der Waals surface area contributed by atoms with Gasteiger partial charge in [0.2, 0.25) is 0 Å². The van der Waals surface area contributed by atoms with E-state index in [0.29, 0.717) is 12.4 Å². The van der Waals surface area contributed by atoms with Crippen molar-refractivity contribution in [2.24, 2.45) is 0 Å². The van der Waals surface area contributed by atoms with E-state index in [1.54, 1.807) is 0 Å². The molecule has 1 N–H and O–H groups in total. The number of hydrogen-bond donors (Lipinski definition) is 1. The molecule has 0 aliphatic heterocycles. The highest BCUT2D eigenvalue weighted by Crippen LogP contribution is 2.54. The van der Waals surface area contributed by atoms with Crippen molar-refractivity contribution < 1.29 is 18.7 Å². The predicted molar refractivity (Wildman–Crippen MR) is 146 cm³/mol. The molecule has 0 fully saturated rings. The van der Waals surface area contributed by atoms with Crippen LogP contribution in [0.1, 0.15) is 137 Å². The molecular weight excluding hydrogens is 443 g/mol. The first-order chi connectivity index (χ1) is 15.8. The maximum absolute atomic E-state index is 13.8. The summed E-state index contributed by atoms with van der Waals surface area (Å²) in [7, 11) is -3.32. The summed E-state index contributed by atoms with van der Waals surface area (Å²) in [5, 5.41) is 11.3. The molecule has 0 spiro atoms. The zero-order valence-corrected chi connectivity index (χ0v) is 24.5. The molecule has 2 unspecified atom stereocenters. The molecule has 0 radical (unpaired) electrons. The molecule has 0 amide bonds. The molecule has 198 valence electrons. The Kier molecular flexibility index (Phi) is 12.9. The summed E-state index contributed by atoms with van der Waals surface area (Å²) in [6, 6.07) is 4.05. The van der Waals surface area contributed by atoms with E-state index in [1.807, 2.05) is 19.1 Å². The van der Waals surface area contributed by atoms with Crippen LogP contribution in [0.5, 0.6) is 5.75 Å². The fourth-order valence-corrected chi connectivity index (χ4v) is 6.55. The Bertz CT molecular complexity index is 779. The van der Waals surface area contributed by atoms with Crippen molar-refractivity contribution in [3.8, 4) is 5.75 Å².